The molecule has 1 spiro atoms. The molecule has 3 fully saturated rings. The topological polar surface area (TPSA) is 104 Å². The smallest absolute Gasteiger partial charge is 0.407 e. The zero-order valence-corrected chi connectivity index (χ0v) is 18.9. The minimum absolute atomic E-state index is 0.0157. The lowest BCUT2D eigenvalue weighted by Crippen LogP contribution is -2.49. The number of hydrogen-bond donors (Lipinski definition) is 4. The summed E-state index contributed by atoms with van der Waals surface area (Å²) in [7, 11) is 0. The first kappa shape index (κ1) is 21.2. The van der Waals surface area contributed by atoms with E-state index in [0.717, 1.165) is 61.9 Å². The number of rotatable bonds is 6. The second-order valence-electron chi connectivity index (χ2n) is 10.3. The Kier molecular flexibility index (Phi) is 5.35. The van der Waals surface area contributed by atoms with E-state index in [1.54, 1.807) is 6.20 Å². The van der Waals surface area contributed by atoms with Crippen molar-refractivity contribution in [2.75, 3.05) is 0 Å². The largest absolute Gasteiger partial charge is 0.446 e. The molecule has 8 heteroatoms. The van der Waals surface area contributed by atoms with Gasteiger partial charge in [-0.3, -0.25) is 9.78 Å². The Morgan fingerprint density at radius 1 is 1.25 bits per heavy atom. The molecule has 0 aromatic carbocycles. The van der Waals surface area contributed by atoms with Crippen LogP contribution in [0.2, 0.25) is 0 Å². The molecule has 1 aromatic heterocycles. The van der Waals surface area contributed by atoms with Gasteiger partial charge in [-0.1, -0.05) is 6.07 Å². The summed E-state index contributed by atoms with van der Waals surface area (Å²) < 4.78 is 5.82. The minimum atomic E-state index is -0.261. The quantitative estimate of drug-likeness (QED) is 0.543. The molecule has 2 heterocycles. The SMILES string of the molecule is Cc1cccnc1CC(=O)NC1C=C([C@H]2CCC3(CCC3OC(=O)NC3(C)CC3)C2)NN1. The van der Waals surface area contributed by atoms with Crippen molar-refractivity contribution in [2.45, 2.75) is 83.0 Å². The molecule has 0 radical (unpaired) electrons. The number of amides is 2. The Morgan fingerprint density at radius 2 is 2.06 bits per heavy atom. The Bertz CT molecular complexity index is 943. The lowest BCUT2D eigenvalue weighted by Gasteiger charge is -2.46. The maximum absolute atomic E-state index is 12.5. The van der Waals surface area contributed by atoms with Gasteiger partial charge in [0.25, 0.3) is 0 Å². The van der Waals surface area contributed by atoms with E-state index in [1.807, 2.05) is 19.1 Å². The summed E-state index contributed by atoms with van der Waals surface area (Å²) in [6.45, 7) is 4.03. The van der Waals surface area contributed by atoms with Gasteiger partial charge in [-0.25, -0.2) is 10.2 Å². The summed E-state index contributed by atoms with van der Waals surface area (Å²) in [6.07, 6.45) is 10.8. The lowest BCUT2D eigenvalue weighted by molar-refractivity contribution is -0.121. The van der Waals surface area contributed by atoms with Gasteiger partial charge in [0.2, 0.25) is 5.91 Å². The fourth-order valence-electron chi connectivity index (χ4n) is 5.33. The molecule has 32 heavy (non-hydrogen) atoms. The standard InChI is InChI=1S/C24H33N5O3/c1-15-4-3-11-25-17(15)13-21(30)26-20-12-18(28-29-20)16-5-7-24(14-16)8-6-19(24)32-22(31)27-23(2)9-10-23/h3-4,11-12,16,19-20,28-29H,5-10,13-14H2,1-2H3,(H,26,30)(H,27,31)/t16-,19?,20?,24?/m0/s1. The van der Waals surface area contributed by atoms with Gasteiger partial charge in [0, 0.05) is 28.8 Å². The number of hydrogen-bond acceptors (Lipinski definition) is 6. The summed E-state index contributed by atoms with van der Waals surface area (Å²) >= 11 is 0. The van der Waals surface area contributed by atoms with Crippen LogP contribution >= 0.6 is 0 Å². The molecule has 4 atom stereocenters. The highest BCUT2D eigenvalue weighted by Crippen LogP contribution is 2.57. The number of hydrazine groups is 1. The Hall–Kier alpha value is -2.61. The Balaban J connectivity index is 1.13. The van der Waals surface area contributed by atoms with Crippen molar-refractivity contribution in [2.24, 2.45) is 11.3 Å². The van der Waals surface area contributed by atoms with Crippen LogP contribution in [0, 0.1) is 18.3 Å². The third kappa shape index (κ3) is 4.33. The van der Waals surface area contributed by atoms with E-state index < -0.39 is 0 Å². The van der Waals surface area contributed by atoms with Crippen LogP contribution < -0.4 is 21.5 Å². The van der Waals surface area contributed by atoms with E-state index in [-0.39, 0.29) is 41.6 Å². The average molecular weight is 440 g/mol. The molecule has 3 aliphatic carbocycles. The first-order valence-electron chi connectivity index (χ1n) is 11.8. The number of pyridine rings is 1. The normalized spacial score (nSPS) is 31.9. The Labute approximate surface area is 188 Å². The fourth-order valence-corrected chi connectivity index (χ4v) is 5.33. The molecule has 172 valence electrons. The van der Waals surface area contributed by atoms with Crippen LogP contribution in [-0.4, -0.2) is 34.8 Å². The van der Waals surface area contributed by atoms with E-state index in [1.165, 1.54) is 0 Å². The maximum atomic E-state index is 12.5. The second-order valence-corrected chi connectivity index (χ2v) is 10.3. The number of nitrogens with zero attached hydrogens (tertiary/aromatic N) is 1. The van der Waals surface area contributed by atoms with Crippen LogP contribution in [0.25, 0.3) is 0 Å². The van der Waals surface area contributed by atoms with E-state index in [0.29, 0.717) is 5.92 Å². The van der Waals surface area contributed by atoms with Crippen molar-refractivity contribution in [3.8, 4) is 0 Å². The zero-order chi connectivity index (χ0) is 22.3. The number of nitrogens with one attached hydrogen (secondary N) is 4. The van der Waals surface area contributed by atoms with E-state index in [9.17, 15) is 9.59 Å². The molecule has 0 bridgehead atoms. The number of alkyl carbamates (subject to hydrolysis) is 1. The van der Waals surface area contributed by atoms with Crippen molar-refractivity contribution >= 4 is 12.0 Å². The summed E-state index contributed by atoms with van der Waals surface area (Å²) in [4.78, 5) is 29.0. The van der Waals surface area contributed by atoms with E-state index >= 15 is 0 Å². The average Bonchev–Trinajstić information content (AvgIpc) is 3.15. The van der Waals surface area contributed by atoms with Crippen LogP contribution in [0.4, 0.5) is 4.79 Å². The van der Waals surface area contributed by atoms with Gasteiger partial charge in [-0.15, -0.1) is 0 Å². The highest BCUT2D eigenvalue weighted by atomic mass is 16.6. The van der Waals surface area contributed by atoms with Crippen molar-refractivity contribution in [1.82, 2.24) is 26.5 Å². The molecule has 5 rings (SSSR count). The zero-order valence-electron chi connectivity index (χ0n) is 18.9. The number of aryl methyl sites for hydroxylation is 1. The molecule has 3 saturated carbocycles. The van der Waals surface area contributed by atoms with Crippen molar-refractivity contribution in [3.63, 3.8) is 0 Å². The first-order chi connectivity index (χ1) is 15.3. The number of aromatic nitrogens is 1. The predicted octanol–water partition coefficient (Wildman–Crippen LogP) is 2.59. The highest BCUT2D eigenvalue weighted by molar-refractivity contribution is 5.79. The molecule has 4 aliphatic rings. The van der Waals surface area contributed by atoms with Crippen LogP contribution in [0.3, 0.4) is 0 Å². The number of carbonyl (C=O) groups excluding carboxylic acids is 2. The van der Waals surface area contributed by atoms with Gasteiger partial charge in [-0.05, 0) is 76.5 Å². The fraction of sp³-hybridized carbons (Fsp3) is 0.625. The molecule has 0 saturated heterocycles. The summed E-state index contributed by atoms with van der Waals surface area (Å²) in [5, 5.41) is 6.02. The van der Waals surface area contributed by atoms with Crippen LogP contribution in [0.1, 0.15) is 63.1 Å². The molecule has 3 unspecified atom stereocenters. The summed E-state index contributed by atoms with van der Waals surface area (Å²) in [5.41, 5.74) is 9.43. The highest BCUT2D eigenvalue weighted by Gasteiger charge is 2.54. The van der Waals surface area contributed by atoms with Gasteiger partial charge in [-0.2, -0.15) is 0 Å². The van der Waals surface area contributed by atoms with Gasteiger partial charge in [0.05, 0.1) is 12.1 Å². The summed E-state index contributed by atoms with van der Waals surface area (Å²) in [6, 6.07) is 3.84. The first-order valence-corrected chi connectivity index (χ1v) is 11.8. The molecule has 8 nitrogen and oxygen atoms in total. The van der Waals surface area contributed by atoms with Gasteiger partial charge in [0.1, 0.15) is 12.3 Å². The van der Waals surface area contributed by atoms with Gasteiger partial charge < -0.3 is 20.8 Å². The van der Waals surface area contributed by atoms with E-state index in [4.69, 9.17) is 4.74 Å². The maximum Gasteiger partial charge on any atom is 0.407 e. The van der Waals surface area contributed by atoms with Crippen LogP contribution in [0.5, 0.6) is 0 Å². The summed E-state index contributed by atoms with van der Waals surface area (Å²) in [5.74, 6) is 0.326. The van der Waals surface area contributed by atoms with Gasteiger partial charge in [0.15, 0.2) is 0 Å². The monoisotopic (exact) mass is 439 g/mol. The molecular formula is C24H33N5O3. The molecular weight excluding hydrogens is 406 g/mol. The third-order valence-corrected chi connectivity index (χ3v) is 7.80. The van der Waals surface area contributed by atoms with E-state index in [2.05, 4.69) is 39.5 Å². The second kappa shape index (κ2) is 8.06. The molecule has 4 N–H and O–H groups in total. The lowest BCUT2D eigenvalue weighted by atomic mass is 9.64. The minimum Gasteiger partial charge on any atom is -0.446 e. The van der Waals surface area contributed by atoms with Crippen LogP contribution in [-0.2, 0) is 16.0 Å². The van der Waals surface area contributed by atoms with Crippen molar-refractivity contribution in [1.29, 1.82) is 0 Å². The Morgan fingerprint density at radius 3 is 2.78 bits per heavy atom. The van der Waals surface area contributed by atoms with Crippen molar-refractivity contribution in [3.05, 3.63) is 41.4 Å². The van der Waals surface area contributed by atoms with Crippen molar-refractivity contribution < 1.29 is 14.3 Å². The van der Waals surface area contributed by atoms with Gasteiger partial charge >= 0.3 is 6.09 Å². The number of ether oxygens (including phenoxy) is 1. The third-order valence-electron chi connectivity index (χ3n) is 7.80. The predicted molar refractivity (Wildman–Crippen MR) is 119 cm³/mol. The molecule has 1 aliphatic heterocycles. The molecule has 1 aromatic rings. The molecule has 2 amide bonds. The number of allylic oxidation sites excluding steroid dienone is 1. The number of carbonyl (C=O) groups is 2. The van der Waals surface area contributed by atoms with Crippen LogP contribution in [0.15, 0.2) is 30.1 Å².